The Hall–Kier alpha value is -1.08. The van der Waals surface area contributed by atoms with Crippen molar-refractivity contribution in [3.05, 3.63) is 0 Å². The first-order valence-electron chi connectivity index (χ1n) is 5.40. The summed E-state index contributed by atoms with van der Waals surface area (Å²) in [5.74, 6) is -0.318. The van der Waals surface area contributed by atoms with Crippen LogP contribution in [0.1, 0.15) is 26.7 Å². The van der Waals surface area contributed by atoms with Crippen LogP contribution in [0, 0.1) is 29.1 Å². The number of rotatable bonds is 4. The Morgan fingerprint density at radius 3 is 2.60 bits per heavy atom. The molecular formula is C11H18N2O2. The Bertz CT molecular complexity index is 264. The van der Waals surface area contributed by atoms with Gasteiger partial charge in [-0.2, -0.15) is 5.26 Å². The Morgan fingerprint density at radius 2 is 2.20 bits per heavy atom. The van der Waals surface area contributed by atoms with Gasteiger partial charge in [-0.25, -0.2) is 0 Å². The van der Waals surface area contributed by atoms with Gasteiger partial charge in [0.15, 0.2) is 0 Å². The highest BCUT2D eigenvalue weighted by molar-refractivity contribution is 5.81. The molecule has 1 amide bonds. The Balaban J connectivity index is 2.26. The van der Waals surface area contributed by atoms with Crippen LogP contribution in [0.5, 0.6) is 0 Å². The van der Waals surface area contributed by atoms with Gasteiger partial charge in [0.2, 0.25) is 5.91 Å². The van der Waals surface area contributed by atoms with E-state index in [9.17, 15) is 4.79 Å². The third-order valence-electron chi connectivity index (χ3n) is 2.86. The largest absolute Gasteiger partial charge is 0.393 e. The van der Waals surface area contributed by atoms with Crippen molar-refractivity contribution in [2.24, 2.45) is 17.8 Å². The third kappa shape index (κ3) is 3.21. The normalized spacial score (nSPS) is 26.6. The fraction of sp³-hybridized carbons (Fsp3) is 0.818. The molecule has 0 bridgehead atoms. The van der Waals surface area contributed by atoms with Gasteiger partial charge < -0.3 is 10.4 Å². The van der Waals surface area contributed by atoms with Crippen molar-refractivity contribution in [1.82, 2.24) is 5.32 Å². The predicted molar refractivity (Wildman–Crippen MR) is 55.7 cm³/mol. The second kappa shape index (κ2) is 5.13. The highest BCUT2D eigenvalue weighted by Crippen LogP contribution is 2.26. The molecule has 0 spiro atoms. The molecule has 4 nitrogen and oxygen atoms in total. The molecule has 0 radical (unpaired) electrons. The molecular weight excluding hydrogens is 192 g/mol. The van der Waals surface area contributed by atoms with Gasteiger partial charge in [-0.1, -0.05) is 13.8 Å². The molecule has 0 aromatic carbocycles. The number of aliphatic hydroxyl groups is 1. The summed E-state index contributed by atoms with van der Waals surface area (Å²) in [4.78, 5) is 11.5. The second-order valence-electron chi connectivity index (χ2n) is 4.59. The van der Waals surface area contributed by atoms with Crippen LogP contribution in [-0.4, -0.2) is 23.7 Å². The molecule has 0 saturated heterocycles. The number of hydrogen-bond donors (Lipinski definition) is 2. The summed E-state index contributed by atoms with van der Waals surface area (Å²) in [6, 6.07) is 2.01. The summed E-state index contributed by atoms with van der Waals surface area (Å²) >= 11 is 0. The minimum atomic E-state index is -0.560. The van der Waals surface area contributed by atoms with Gasteiger partial charge in [0.1, 0.15) is 5.92 Å². The average Bonchev–Trinajstić information content (AvgIpc) is 2.11. The van der Waals surface area contributed by atoms with Crippen LogP contribution < -0.4 is 5.32 Å². The average molecular weight is 210 g/mol. The lowest BCUT2D eigenvalue weighted by Gasteiger charge is -2.31. The first kappa shape index (κ1) is 12.0. The van der Waals surface area contributed by atoms with Crippen molar-refractivity contribution in [3.8, 4) is 6.07 Å². The number of hydrogen-bond acceptors (Lipinski definition) is 3. The molecule has 4 heteroatoms. The van der Waals surface area contributed by atoms with Crippen molar-refractivity contribution in [3.63, 3.8) is 0 Å². The van der Waals surface area contributed by atoms with Crippen molar-refractivity contribution in [1.29, 1.82) is 5.26 Å². The lowest BCUT2D eigenvalue weighted by molar-refractivity contribution is -0.125. The number of aliphatic hydroxyl groups excluding tert-OH is 1. The van der Waals surface area contributed by atoms with E-state index in [2.05, 4.69) is 5.32 Å². The lowest BCUT2D eigenvalue weighted by atomic mass is 9.82. The van der Waals surface area contributed by atoms with E-state index in [-0.39, 0.29) is 17.9 Å². The third-order valence-corrected chi connectivity index (χ3v) is 2.86. The standard InChI is InChI=1S/C11H18N2O2/c1-7(2)10(5-12)11(15)13-6-8-3-9(14)4-8/h7-10,14H,3-4,6H2,1-2H3,(H,13,15). The minimum absolute atomic E-state index is 0.0435. The monoisotopic (exact) mass is 210 g/mol. The van der Waals surface area contributed by atoms with Crippen LogP contribution in [0.15, 0.2) is 0 Å². The summed E-state index contributed by atoms with van der Waals surface area (Å²) in [6.45, 7) is 4.31. The number of nitrogens with one attached hydrogen (secondary N) is 1. The molecule has 1 unspecified atom stereocenters. The molecule has 1 aliphatic carbocycles. The van der Waals surface area contributed by atoms with E-state index in [1.165, 1.54) is 0 Å². The van der Waals surface area contributed by atoms with Gasteiger partial charge in [-0.3, -0.25) is 4.79 Å². The molecule has 84 valence electrons. The van der Waals surface area contributed by atoms with E-state index < -0.39 is 5.92 Å². The maximum atomic E-state index is 11.5. The Kier molecular flexibility index (Phi) is 4.10. The molecule has 1 rings (SSSR count). The maximum absolute atomic E-state index is 11.5. The van der Waals surface area contributed by atoms with Crippen molar-refractivity contribution < 1.29 is 9.90 Å². The Morgan fingerprint density at radius 1 is 1.60 bits per heavy atom. The smallest absolute Gasteiger partial charge is 0.237 e. The van der Waals surface area contributed by atoms with Gasteiger partial charge in [0.25, 0.3) is 0 Å². The lowest BCUT2D eigenvalue weighted by Crippen LogP contribution is -2.41. The molecule has 0 aliphatic heterocycles. The molecule has 0 heterocycles. The van der Waals surface area contributed by atoms with Crippen molar-refractivity contribution in [2.75, 3.05) is 6.54 Å². The number of amides is 1. The summed E-state index contributed by atoms with van der Waals surface area (Å²) in [5.41, 5.74) is 0. The zero-order chi connectivity index (χ0) is 11.4. The van der Waals surface area contributed by atoms with Gasteiger partial charge >= 0.3 is 0 Å². The number of carbonyl (C=O) groups excluding carboxylic acids is 1. The van der Waals surface area contributed by atoms with E-state index in [4.69, 9.17) is 10.4 Å². The molecule has 0 aromatic heterocycles. The van der Waals surface area contributed by atoms with Crippen LogP contribution in [-0.2, 0) is 4.79 Å². The van der Waals surface area contributed by atoms with Gasteiger partial charge in [0.05, 0.1) is 12.2 Å². The summed E-state index contributed by atoms with van der Waals surface area (Å²) < 4.78 is 0. The van der Waals surface area contributed by atoms with E-state index >= 15 is 0 Å². The molecule has 1 atom stereocenters. The van der Waals surface area contributed by atoms with Crippen LogP contribution in [0.3, 0.4) is 0 Å². The van der Waals surface area contributed by atoms with E-state index in [0.29, 0.717) is 12.5 Å². The van der Waals surface area contributed by atoms with Gasteiger partial charge in [0, 0.05) is 6.54 Å². The van der Waals surface area contributed by atoms with Crippen LogP contribution in [0.25, 0.3) is 0 Å². The predicted octanol–water partition coefficient (Wildman–Crippen LogP) is 0.669. The molecule has 15 heavy (non-hydrogen) atoms. The highest BCUT2D eigenvalue weighted by atomic mass is 16.3. The molecule has 0 aromatic rings. The summed E-state index contributed by atoms with van der Waals surface area (Å²) in [5, 5.41) is 20.6. The maximum Gasteiger partial charge on any atom is 0.237 e. The van der Waals surface area contributed by atoms with Gasteiger partial charge in [-0.05, 0) is 24.7 Å². The quantitative estimate of drug-likeness (QED) is 0.716. The highest BCUT2D eigenvalue weighted by Gasteiger charge is 2.28. The number of nitriles is 1. The number of carbonyl (C=O) groups is 1. The van der Waals surface area contributed by atoms with E-state index in [0.717, 1.165) is 12.8 Å². The molecule has 1 fully saturated rings. The molecule has 1 saturated carbocycles. The first-order chi connectivity index (χ1) is 7.04. The number of nitrogens with zero attached hydrogens (tertiary/aromatic N) is 1. The zero-order valence-electron chi connectivity index (χ0n) is 9.23. The molecule has 1 aliphatic rings. The van der Waals surface area contributed by atoms with Gasteiger partial charge in [-0.15, -0.1) is 0 Å². The molecule has 2 N–H and O–H groups in total. The van der Waals surface area contributed by atoms with E-state index in [1.54, 1.807) is 0 Å². The van der Waals surface area contributed by atoms with Crippen LogP contribution in [0.2, 0.25) is 0 Å². The topological polar surface area (TPSA) is 73.1 Å². The zero-order valence-corrected chi connectivity index (χ0v) is 9.23. The van der Waals surface area contributed by atoms with E-state index in [1.807, 2.05) is 19.9 Å². The first-order valence-corrected chi connectivity index (χ1v) is 5.40. The van der Waals surface area contributed by atoms with Crippen LogP contribution >= 0.6 is 0 Å². The van der Waals surface area contributed by atoms with Crippen molar-refractivity contribution >= 4 is 5.91 Å². The summed E-state index contributed by atoms with van der Waals surface area (Å²) in [7, 11) is 0. The van der Waals surface area contributed by atoms with Crippen LogP contribution in [0.4, 0.5) is 0 Å². The fourth-order valence-electron chi connectivity index (χ4n) is 1.73. The Labute approximate surface area is 90.3 Å². The minimum Gasteiger partial charge on any atom is -0.393 e. The summed E-state index contributed by atoms with van der Waals surface area (Å²) in [6.07, 6.45) is 1.34. The van der Waals surface area contributed by atoms with Crippen molar-refractivity contribution in [2.45, 2.75) is 32.8 Å². The second-order valence-corrected chi connectivity index (χ2v) is 4.59. The SMILES string of the molecule is CC(C)C(C#N)C(=O)NCC1CC(O)C1. The fourth-order valence-corrected chi connectivity index (χ4v) is 1.73.